The van der Waals surface area contributed by atoms with Crippen molar-refractivity contribution in [2.75, 3.05) is 13.1 Å². The maximum Gasteiger partial charge on any atom is 0.253 e. The summed E-state index contributed by atoms with van der Waals surface area (Å²) in [6.45, 7) is 5.43. The zero-order valence-electron chi connectivity index (χ0n) is 13.2. The fourth-order valence-electron chi connectivity index (χ4n) is 3.24. The van der Waals surface area contributed by atoms with Crippen molar-refractivity contribution in [3.8, 4) is 0 Å². The predicted octanol–water partition coefficient (Wildman–Crippen LogP) is 3.78. The largest absolute Gasteiger partial charge is 0.388 e. The summed E-state index contributed by atoms with van der Waals surface area (Å²) in [5.41, 5.74) is 1.65. The van der Waals surface area contributed by atoms with Crippen molar-refractivity contribution >= 4 is 5.91 Å². The topological polar surface area (TPSA) is 40.5 Å². The van der Waals surface area contributed by atoms with Crippen LogP contribution in [0.25, 0.3) is 0 Å². The lowest BCUT2D eigenvalue weighted by Gasteiger charge is -2.27. The Morgan fingerprint density at radius 3 is 2.24 bits per heavy atom. The summed E-state index contributed by atoms with van der Waals surface area (Å²) in [4.78, 5) is 14.1. The summed E-state index contributed by atoms with van der Waals surface area (Å²) in [6.07, 6.45) is 5.58. The number of hydrogen-bond acceptors (Lipinski definition) is 2. The standard InChI is InChI=1S/C18H27NO2/c1-3-19(4-2)18(21)16-12-10-15(11-13-16)17(20)14-8-6-5-7-9-14/h10-14,17,20H,3-9H2,1-2H3/t17-/m0/s1. The molecule has 0 radical (unpaired) electrons. The van der Waals surface area contributed by atoms with Gasteiger partial charge >= 0.3 is 0 Å². The van der Waals surface area contributed by atoms with Crippen LogP contribution in [0.3, 0.4) is 0 Å². The summed E-state index contributed by atoms with van der Waals surface area (Å²) >= 11 is 0. The summed E-state index contributed by atoms with van der Waals surface area (Å²) < 4.78 is 0. The van der Waals surface area contributed by atoms with E-state index >= 15 is 0 Å². The highest BCUT2D eigenvalue weighted by Gasteiger charge is 2.23. The van der Waals surface area contributed by atoms with E-state index in [4.69, 9.17) is 0 Å². The summed E-state index contributed by atoms with van der Waals surface area (Å²) in [5.74, 6) is 0.446. The van der Waals surface area contributed by atoms with Crippen molar-refractivity contribution in [1.82, 2.24) is 4.90 Å². The SMILES string of the molecule is CCN(CC)C(=O)c1ccc([C@@H](O)C2CCCCC2)cc1. The van der Waals surface area contributed by atoms with E-state index in [0.29, 0.717) is 11.5 Å². The van der Waals surface area contributed by atoms with Gasteiger partial charge < -0.3 is 10.0 Å². The van der Waals surface area contributed by atoms with E-state index in [-0.39, 0.29) is 12.0 Å². The molecule has 0 unspecified atom stereocenters. The zero-order valence-corrected chi connectivity index (χ0v) is 13.2. The van der Waals surface area contributed by atoms with E-state index in [2.05, 4.69) is 0 Å². The molecule has 1 aromatic carbocycles. The fraction of sp³-hybridized carbons (Fsp3) is 0.611. The quantitative estimate of drug-likeness (QED) is 0.896. The van der Waals surface area contributed by atoms with Gasteiger partial charge in [-0.25, -0.2) is 0 Å². The van der Waals surface area contributed by atoms with E-state index < -0.39 is 0 Å². The van der Waals surface area contributed by atoms with Gasteiger partial charge in [0.1, 0.15) is 0 Å². The molecule has 0 heterocycles. The smallest absolute Gasteiger partial charge is 0.253 e. The normalized spacial score (nSPS) is 17.5. The molecule has 3 nitrogen and oxygen atoms in total. The van der Waals surface area contributed by atoms with Crippen LogP contribution in [0.1, 0.15) is 68.0 Å². The molecule has 1 N–H and O–H groups in total. The van der Waals surface area contributed by atoms with Crippen molar-refractivity contribution in [3.63, 3.8) is 0 Å². The zero-order chi connectivity index (χ0) is 15.2. The Morgan fingerprint density at radius 2 is 1.71 bits per heavy atom. The predicted molar refractivity (Wildman–Crippen MR) is 85.2 cm³/mol. The molecule has 1 saturated carbocycles. The van der Waals surface area contributed by atoms with E-state index in [0.717, 1.165) is 31.5 Å². The van der Waals surface area contributed by atoms with Gasteiger partial charge in [0.15, 0.2) is 0 Å². The Balaban J connectivity index is 2.05. The molecular weight excluding hydrogens is 262 g/mol. The van der Waals surface area contributed by atoms with E-state index in [1.165, 1.54) is 19.3 Å². The van der Waals surface area contributed by atoms with E-state index in [1.807, 2.05) is 43.0 Å². The monoisotopic (exact) mass is 289 g/mol. The van der Waals surface area contributed by atoms with Crippen LogP contribution in [0, 0.1) is 5.92 Å². The second-order valence-electron chi connectivity index (χ2n) is 5.94. The Hall–Kier alpha value is -1.35. The van der Waals surface area contributed by atoms with Crippen molar-refractivity contribution in [2.24, 2.45) is 5.92 Å². The number of carbonyl (C=O) groups is 1. The number of carbonyl (C=O) groups excluding carboxylic acids is 1. The number of nitrogens with zero attached hydrogens (tertiary/aromatic N) is 1. The van der Waals surface area contributed by atoms with Crippen molar-refractivity contribution in [3.05, 3.63) is 35.4 Å². The van der Waals surface area contributed by atoms with Gasteiger partial charge in [-0.15, -0.1) is 0 Å². The Morgan fingerprint density at radius 1 is 1.14 bits per heavy atom. The highest BCUT2D eigenvalue weighted by Crippen LogP contribution is 2.34. The molecule has 0 spiro atoms. The summed E-state index contributed by atoms with van der Waals surface area (Å²) in [6, 6.07) is 7.52. The van der Waals surface area contributed by atoms with Gasteiger partial charge in [-0.2, -0.15) is 0 Å². The minimum atomic E-state index is -0.386. The number of benzene rings is 1. The van der Waals surface area contributed by atoms with Gasteiger partial charge in [0.05, 0.1) is 6.10 Å². The van der Waals surface area contributed by atoms with Crippen molar-refractivity contribution in [2.45, 2.75) is 52.1 Å². The molecule has 116 valence electrons. The van der Waals surface area contributed by atoms with E-state index in [9.17, 15) is 9.90 Å². The van der Waals surface area contributed by atoms with Crippen LogP contribution in [0.5, 0.6) is 0 Å². The maximum atomic E-state index is 12.3. The van der Waals surface area contributed by atoms with Gasteiger partial charge in [0.2, 0.25) is 0 Å². The van der Waals surface area contributed by atoms with Crippen LogP contribution in [-0.2, 0) is 0 Å². The van der Waals surface area contributed by atoms with Gasteiger partial charge in [-0.3, -0.25) is 4.79 Å². The maximum absolute atomic E-state index is 12.3. The Bertz CT molecular complexity index is 445. The summed E-state index contributed by atoms with van der Waals surface area (Å²) in [5, 5.41) is 10.5. The third-order valence-electron chi connectivity index (χ3n) is 4.65. The van der Waals surface area contributed by atoms with Gasteiger partial charge in [-0.05, 0) is 50.3 Å². The number of rotatable bonds is 5. The average molecular weight is 289 g/mol. The molecule has 0 aliphatic heterocycles. The molecule has 3 heteroatoms. The molecule has 2 rings (SSSR count). The second kappa shape index (κ2) is 7.60. The molecule has 1 aliphatic rings. The molecule has 0 saturated heterocycles. The molecule has 1 aliphatic carbocycles. The highest BCUT2D eigenvalue weighted by molar-refractivity contribution is 5.94. The third-order valence-corrected chi connectivity index (χ3v) is 4.65. The first-order valence-corrected chi connectivity index (χ1v) is 8.24. The first-order chi connectivity index (χ1) is 10.2. The minimum absolute atomic E-state index is 0.0682. The van der Waals surface area contributed by atoms with Gasteiger partial charge in [0.25, 0.3) is 5.91 Å². The highest BCUT2D eigenvalue weighted by atomic mass is 16.3. The lowest BCUT2D eigenvalue weighted by molar-refractivity contribution is 0.0770. The molecular formula is C18H27NO2. The van der Waals surface area contributed by atoms with Crippen LogP contribution >= 0.6 is 0 Å². The molecule has 0 bridgehead atoms. The Labute approximate surface area is 128 Å². The molecule has 1 atom stereocenters. The third kappa shape index (κ3) is 3.85. The second-order valence-corrected chi connectivity index (χ2v) is 5.94. The number of hydrogen-bond donors (Lipinski definition) is 1. The van der Waals surface area contributed by atoms with Crippen LogP contribution in [0.15, 0.2) is 24.3 Å². The Kier molecular flexibility index (Phi) is 5.80. The fourth-order valence-corrected chi connectivity index (χ4v) is 3.24. The van der Waals surface area contributed by atoms with Crippen LogP contribution < -0.4 is 0 Å². The molecule has 21 heavy (non-hydrogen) atoms. The molecule has 0 aromatic heterocycles. The average Bonchev–Trinajstić information content (AvgIpc) is 2.56. The van der Waals surface area contributed by atoms with Gasteiger partial charge in [-0.1, -0.05) is 31.4 Å². The first kappa shape index (κ1) is 16.0. The molecule has 1 fully saturated rings. The van der Waals surface area contributed by atoms with Crippen molar-refractivity contribution < 1.29 is 9.90 Å². The van der Waals surface area contributed by atoms with Crippen molar-refractivity contribution in [1.29, 1.82) is 0 Å². The first-order valence-electron chi connectivity index (χ1n) is 8.24. The van der Waals surface area contributed by atoms with Crippen LogP contribution in [-0.4, -0.2) is 29.0 Å². The minimum Gasteiger partial charge on any atom is -0.388 e. The summed E-state index contributed by atoms with van der Waals surface area (Å²) in [7, 11) is 0. The van der Waals surface area contributed by atoms with E-state index in [1.54, 1.807) is 0 Å². The number of aliphatic hydroxyl groups is 1. The number of amides is 1. The number of aliphatic hydroxyl groups excluding tert-OH is 1. The molecule has 1 aromatic rings. The lowest BCUT2D eigenvalue weighted by atomic mass is 9.82. The van der Waals surface area contributed by atoms with Crippen LogP contribution in [0.2, 0.25) is 0 Å². The van der Waals surface area contributed by atoms with Crippen LogP contribution in [0.4, 0.5) is 0 Å². The molecule has 1 amide bonds. The lowest BCUT2D eigenvalue weighted by Crippen LogP contribution is -2.30. The van der Waals surface area contributed by atoms with Gasteiger partial charge in [0, 0.05) is 18.7 Å².